The first-order chi connectivity index (χ1) is 12.5. The van der Waals surface area contributed by atoms with Gasteiger partial charge in [0.1, 0.15) is 5.78 Å². The van der Waals surface area contributed by atoms with Gasteiger partial charge in [-0.3, -0.25) is 9.59 Å². The van der Waals surface area contributed by atoms with Crippen molar-refractivity contribution in [2.45, 2.75) is 66.7 Å². The molecule has 2 amide bonds. The molecule has 0 saturated carbocycles. The van der Waals surface area contributed by atoms with Crippen LogP contribution in [0.1, 0.15) is 68.1 Å². The second-order valence-electron chi connectivity index (χ2n) is 6.53. The van der Waals surface area contributed by atoms with Crippen LogP contribution < -0.4 is 5.73 Å². The van der Waals surface area contributed by atoms with Gasteiger partial charge in [0.25, 0.3) is 0 Å². The lowest BCUT2D eigenvalue weighted by Gasteiger charge is -2.37. The lowest BCUT2D eigenvalue weighted by molar-refractivity contribution is -0.141. The van der Waals surface area contributed by atoms with E-state index in [1.54, 1.807) is 11.8 Å². The number of amides is 2. The number of likely N-dealkylation sites (tertiary alicyclic amines) is 2. The molecule has 6 heteroatoms. The number of Topliss-reactive ketones (excluding diaryl/α,β-unsaturated/α-hetero) is 1. The van der Waals surface area contributed by atoms with Gasteiger partial charge in [-0.2, -0.15) is 0 Å². The van der Waals surface area contributed by atoms with Crippen LogP contribution in [0.2, 0.25) is 0 Å². The number of piperidine rings is 2. The number of carbonyl (C=O) groups is 3. The molecule has 0 atom stereocenters. The predicted octanol–water partition coefficient (Wildman–Crippen LogP) is 2.70. The van der Waals surface area contributed by atoms with Crippen LogP contribution >= 0.6 is 0 Å². The van der Waals surface area contributed by atoms with Crippen molar-refractivity contribution in [1.82, 2.24) is 9.80 Å². The Morgan fingerprint density at radius 3 is 1.77 bits per heavy atom. The van der Waals surface area contributed by atoms with Crippen LogP contribution in [0, 0.1) is 11.8 Å². The maximum atomic E-state index is 12.6. The van der Waals surface area contributed by atoms with Crippen LogP contribution in [-0.4, -0.2) is 60.1 Å². The molecule has 2 N–H and O–H groups in total. The van der Waals surface area contributed by atoms with E-state index in [9.17, 15) is 14.4 Å². The molecule has 0 unspecified atom stereocenters. The second-order valence-corrected chi connectivity index (χ2v) is 6.53. The molecule has 0 bridgehead atoms. The maximum Gasteiger partial charge on any atom is 0.236 e. The van der Waals surface area contributed by atoms with E-state index in [1.165, 1.54) is 0 Å². The van der Waals surface area contributed by atoms with Crippen molar-refractivity contribution in [3.63, 3.8) is 0 Å². The van der Waals surface area contributed by atoms with Gasteiger partial charge < -0.3 is 20.3 Å². The molecule has 2 rings (SSSR count). The van der Waals surface area contributed by atoms with E-state index in [-0.39, 0.29) is 31.5 Å². The normalized spacial score (nSPS) is 18.2. The van der Waals surface area contributed by atoms with Gasteiger partial charge in [0.05, 0.1) is 6.54 Å². The molecule has 0 radical (unpaired) electrons. The van der Waals surface area contributed by atoms with Gasteiger partial charge in [-0.05, 0) is 38.5 Å². The molecule has 154 valence electrons. The average Bonchev–Trinajstić information content (AvgIpc) is 2.70. The standard InChI is InChI=1S/C16H27N3O3.2C2H6.H2/c1-12(20)10-13-2-6-19(7-3-13)16(22)14-4-8-18(9-5-14)15(21)11-17;2*1-2;/h13-14H,2-11,17H2,1H3;2*1-2H3;1H. The van der Waals surface area contributed by atoms with E-state index in [1.807, 2.05) is 32.6 Å². The van der Waals surface area contributed by atoms with Crippen LogP contribution in [0.15, 0.2) is 0 Å². The quantitative estimate of drug-likeness (QED) is 0.823. The summed E-state index contributed by atoms with van der Waals surface area (Å²) in [6, 6.07) is 0. The Morgan fingerprint density at radius 1 is 0.885 bits per heavy atom. The summed E-state index contributed by atoms with van der Waals surface area (Å²) in [5, 5.41) is 0. The van der Waals surface area contributed by atoms with Crippen molar-refractivity contribution in [3.05, 3.63) is 0 Å². The molecular formula is C20H41N3O3. The van der Waals surface area contributed by atoms with Crippen LogP contribution in [0.5, 0.6) is 0 Å². The third kappa shape index (κ3) is 7.85. The van der Waals surface area contributed by atoms with E-state index >= 15 is 0 Å². The lowest BCUT2D eigenvalue weighted by Crippen LogP contribution is -2.47. The van der Waals surface area contributed by atoms with E-state index < -0.39 is 0 Å². The minimum atomic E-state index is -0.0315. The van der Waals surface area contributed by atoms with Crippen molar-refractivity contribution in [3.8, 4) is 0 Å². The molecule has 6 nitrogen and oxygen atoms in total. The molecule has 0 aromatic carbocycles. The highest BCUT2D eigenvalue weighted by atomic mass is 16.2. The summed E-state index contributed by atoms with van der Waals surface area (Å²) >= 11 is 0. The Kier molecular flexibility index (Phi) is 13.0. The molecule has 0 spiro atoms. The minimum absolute atomic E-state index is 0. The van der Waals surface area contributed by atoms with Gasteiger partial charge in [0, 0.05) is 39.9 Å². The fourth-order valence-electron chi connectivity index (χ4n) is 3.53. The van der Waals surface area contributed by atoms with Crippen LogP contribution in [0.4, 0.5) is 0 Å². The monoisotopic (exact) mass is 371 g/mol. The zero-order valence-corrected chi connectivity index (χ0v) is 17.4. The van der Waals surface area contributed by atoms with Crippen molar-refractivity contribution in [2.75, 3.05) is 32.7 Å². The van der Waals surface area contributed by atoms with Crippen molar-refractivity contribution >= 4 is 17.6 Å². The van der Waals surface area contributed by atoms with Gasteiger partial charge in [-0.1, -0.05) is 27.7 Å². The van der Waals surface area contributed by atoms with Gasteiger partial charge in [0.15, 0.2) is 0 Å². The summed E-state index contributed by atoms with van der Waals surface area (Å²) in [6.07, 6.45) is 3.96. The van der Waals surface area contributed by atoms with Crippen molar-refractivity contribution in [1.29, 1.82) is 0 Å². The molecule has 2 heterocycles. The van der Waals surface area contributed by atoms with Crippen molar-refractivity contribution < 1.29 is 15.8 Å². The average molecular weight is 372 g/mol. The molecule has 0 aromatic rings. The Bertz CT molecular complexity index is 430. The third-order valence-corrected chi connectivity index (χ3v) is 4.87. The van der Waals surface area contributed by atoms with Crippen LogP contribution in [0.3, 0.4) is 0 Å². The molecule has 2 fully saturated rings. The topological polar surface area (TPSA) is 83.7 Å². The number of hydrogen-bond acceptors (Lipinski definition) is 4. The maximum absolute atomic E-state index is 12.6. The Balaban J connectivity index is 0. The molecule has 0 aliphatic carbocycles. The summed E-state index contributed by atoms with van der Waals surface area (Å²) in [4.78, 5) is 39.0. The zero-order valence-electron chi connectivity index (χ0n) is 17.4. The van der Waals surface area contributed by atoms with Gasteiger partial charge in [-0.25, -0.2) is 0 Å². The van der Waals surface area contributed by atoms with Gasteiger partial charge in [0.2, 0.25) is 11.8 Å². The summed E-state index contributed by atoms with van der Waals surface area (Å²) < 4.78 is 0. The van der Waals surface area contributed by atoms with Crippen molar-refractivity contribution in [2.24, 2.45) is 17.6 Å². The van der Waals surface area contributed by atoms with Crippen LogP contribution in [-0.2, 0) is 14.4 Å². The Morgan fingerprint density at radius 2 is 1.35 bits per heavy atom. The molecule has 0 aromatic heterocycles. The Labute approximate surface area is 161 Å². The highest BCUT2D eigenvalue weighted by Crippen LogP contribution is 2.25. The SMILES string of the molecule is CC.CC.CC(=O)CC1CCN(C(=O)C2CCN(C(=O)CN)CC2)CC1.[HH]. The number of nitrogens with two attached hydrogens (primary N) is 1. The highest BCUT2D eigenvalue weighted by molar-refractivity contribution is 5.81. The van der Waals surface area contributed by atoms with E-state index in [0.29, 0.717) is 25.4 Å². The number of ketones is 1. The minimum Gasteiger partial charge on any atom is -0.342 e. The fraction of sp³-hybridized carbons (Fsp3) is 0.850. The number of hydrogen-bond donors (Lipinski definition) is 1. The largest absolute Gasteiger partial charge is 0.342 e. The van der Waals surface area contributed by atoms with Gasteiger partial charge >= 0.3 is 0 Å². The first-order valence-corrected chi connectivity index (χ1v) is 10.3. The highest BCUT2D eigenvalue weighted by Gasteiger charge is 2.31. The van der Waals surface area contributed by atoms with E-state index in [2.05, 4.69) is 0 Å². The zero-order chi connectivity index (χ0) is 20.1. The molecular weight excluding hydrogens is 330 g/mol. The first kappa shape index (κ1) is 24.6. The number of carbonyl (C=O) groups excluding carboxylic acids is 3. The summed E-state index contributed by atoms with van der Waals surface area (Å²) in [6.45, 7) is 12.5. The third-order valence-electron chi connectivity index (χ3n) is 4.87. The molecule has 2 aliphatic rings. The molecule has 26 heavy (non-hydrogen) atoms. The fourth-order valence-corrected chi connectivity index (χ4v) is 3.53. The lowest BCUT2D eigenvalue weighted by atomic mass is 9.90. The van der Waals surface area contributed by atoms with E-state index in [0.717, 1.165) is 38.8 Å². The molecule has 2 saturated heterocycles. The number of rotatable bonds is 4. The summed E-state index contributed by atoms with van der Waals surface area (Å²) in [7, 11) is 0. The first-order valence-electron chi connectivity index (χ1n) is 10.3. The Hall–Kier alpha value is -1.43. The number of nitrogens with zero attached hydrogens (tertiary/aromatic N) is 2. The van der Waals surface area contributed by atoms with Gasteiger partial charge in [-0.15, -0.1) is 0 Å². The van der Waals surface area contributed by atoms with Crippen LogP contribution in [0.25, 0.3) is 0 Å². The van der Waals surface area contributed by atoms with E-state index in [4.69, 9.17) is 5.73 Å². The second kappa shape index (κ2) is 13.7. The summed E-state index contributed by atoms with van der Waals surface area (Å²) in [5.41, 5.74) is 5.37. The predicted molar refractivity (Wildman–Crippen MR) is 108 cm³/mol. The molecule has 2 aliphatic heterocycles. The summed E-state index contributed by atoms with van der Waals surface area (Å²) in [5.74, 6) is 0.899. The smallest absolute Gasteiger partial charge is 0.236 e.